The van der Waals surface area contributed by atoms with Crippen molar-refractivity contribution in [1.29, 1.82) is 0 Å². The Hall–Kier alpha value is -3.59. The lowest BCUT2D eigenvalue weighted by Crippen LogP contribution is -2.71. The summed E-state index contributed by atoms with van der Waals surface area (Å²) in [6.45, 7) is 27.2. The van der Waals surface area contributed by atoms with E-state index in [0.717, 1.165) is 11.1 Å². The van der Waals surface area contributed by atoms with E-state index in [1.165, 1.54) is 20.7 Å². The van der Waals surface area contributed by atoms with Crippen LogP contribution in [0, 0.1) is 6.92 Å². The van der Waals surface area contributed by atoms with Crippen LogP contribution < -0.4 is 20.7 Å². The van der Waals surface area contributed by atoms with Crippen molar-refractivity contribution in [2.75, 3.05) is 6.61 Å². The van der Waals surface area contributed by atoms with E-state index >= 15 is 0 Å². The average molecular weight is 686 g/mol. The highest BCUT2D eigenvalue weighted by Crippen LogP contribution is 2.45. The fraction of sp³-hybridized carbons (Fsp3) is 0.295. The van der Waals surface area contributed by atoms with Crippen LogP contribution in [0.25, 0.3) is 0 Å². The summed E-state index contributed by atoms with van der Waals surface area (Å²) in [7, 11) is -5.98. The molecule has 1 radical (unpaired) electrons. The van der Waals surface area contributed by atoms with Gasteiger partial charge in [-0.15, -0.1) is 6.58 Å². The van der Waals surface area contributed by atoms with Crippen LogP contribution in [0.2, 0.25) is 10.1 Å². The molecule has 0 spiro atoms. The topological polar surface area (TPSA) is 27.7 Å². The molecule has 5 heteroatoms. The van der Waals surface area contributed by atoms with E-state index in [1.807, 2.05) is 12.2 Å². The number of ether oxygens (including phenoxy) is 1. The molecule has 255 valence electrons. The molecule has 4 aromatic carbocycles. The van der Waals surface area contributed by atoms with Crippen molar-refractivity contribution >= 4 is 37.4 Å². The van der Waals surface area contributed by atoms with Crippen molar-refractivity contribution < 1.29 is 13.6 Å². The monoisotopic (exact) mass is 685 g/mol. The maximum Gasteiger partial charge on any atom is 0.262 e. The first-order valence-corrected chi connectivity index (χ1v) is 21.2. The van der Waals surface area contributed by atoms with Crippen LogP contribution in [0.4, 0.5) is 0 Å². The molecule has 3 nitrogen and oxygen atoms in total. The Morgan fingerprint density at radius 1 is 0.633 bits per heavy atom. The third kappa shape index (κ3) is 7.06. The summed E-state index contributed by atoms with van der Waals surface area (Å²) in [6.07, 6.45) is 3.10. The zero-order valence-electron chi connectivity index (χ0n) is 30.2. The minimum atomic E-state index is -3.01. The van der Waals surface area contributed by atoms with Crippen LogP contribution in [-0.2, 0) is 13.6 Å². The van der Waals surface area contributed by atoms with Gasteiger partial charge in [-0.3, -0.25) is 0 Å². The lowest BCUT2D eigenvalue weighted by atomic mass is 9.84. The van der Waals surface area contributed by atoms with Crippen LogP contribution in [0.3, 0.4) is 0 Å². The van der Waals surface area contributed by atoms with Gasteiger partial charge in [-0.1, -0.05) is 182 Å². The van der Waals surface area contributed by atoms with Crippen LogP contribution in [0.5, 0.6) is 0 Å². The molecule has 3 atom stereocenters. The summed E-state index contributed by atoms with van der Waals surface area (Å²) < 4.78 is 22.6. The SMILES string of the molecule is [CH2]C=C1CC(O[Si](c2ccccc2)(c2ccccc2)C(C)(C)C)C(OCC=C)C(O[Si](c2ccccc2)(c2ccccc2)C(C)(C)C)C1=C. The highest BCUT2D eigenvalue weighted by atomic mass is 28.4. The lowest BCUT2D eigenvalue weighted by molar-refractivity contribution is -0.0758. The summed E-state index contributed by atoms with van der Waals surface area (Å²) in [6, 6.07) is 43.1. The van der Waals surface area contributed by atoms with Crippen LogP contribution >= 0.6 is 0 Å². The number of hydrogen-bond acceptors (Lipinski definition) is 3. The molecule has 0 saturated heterocycles. The molecule has 0 aliphatic heterocycles. The Kier molecular flexibility index (Phi) is 11.3. The van der Waals surface area contributed by atoms with Gasteiger partial charge in [0, 0.05) is 6.42 Å². The normalized spacial score (nSPS) is 19.9. The number of benzene rings is 4. The molecule has 4 aromatic rings. The molecule has 1 aliphatic carbocycles. The van der Waals surface area contributed by atoms with Gasteiger partial charge in [-0.25, -0.2) is 0 Å². The molecule has 0 N–H and O–H groups in total. The summed E-state index contributed by atoms with van der Waals surface area (Å²) in [5.74, 6) is 0. The van der Waals surface area contributed by atoms with E-state index < -0.39 is 28.8 Å². The van der Waals surface area contributed by atoms with E-state index in [4.69, 9.17) is 20.2 Å². The van der Waals surface area contributed by atoms with Gasteiger partial charge in [0.05, 0.1) is 18.8 Å². The second-order valence-corrected chi connectivity index (χ2v) is 23.6. The largest absolute Gasteiger partial charge is 0.401 e. The van der Waals surface area contributed by atoms with Gasteiger partial charge in [0.2, 0.25) is 0 Å². The average Bonchev–Trinajstić information content (AvgIpc) is 3.10. The molecule has 0 aromatic heterocycles. The molecular formula is C44H53O3Si2. The predicted octanol–water partition coefficient (Wildman–Crippen LogP) is 8.17. The second-order valence-electron chi connectivity index (χ2n) is 15.1. The maximum absolute atomic E-state index is 7.86. The minimum absolute atomic E-state index is 0.212. The molecule has 0 heterocycles. The minimum Gasteiger partial charge on any atom is -0.401 e. The number of hydrogen-bond donors (Lipinski definition) is 0. The summed E-state index contributed by atoms with van der Waals surface area (Å²) in [5.41, 5.74) is 1.95. The Balaban J connectivity index is 1.74. The molecule has 1 fully saturated rings. The third-order valence-corrected chi connectivity index (χ3v) is 20.0. The zero-order chi connectivity index (χ0) is 35.3. The summed E-state index contributed by atoms with van der Waals surface area (Å²) in [5, 5.41) is 4.42. The molecule has 0 amide bonds. The van der Waals surface area contributed by atoms with E-state index in [0.29, 0.717) is 13.0 Å². The van der Waals surface area contributed by atoms with Crippen molar-refractivity contribution in [3.05, 3.63) is 165 Å². The van der Waals surface area contributed by atoms with Crippen molar-refractivity contribution in [1.82, 2.24) is 0 Å². The van der Waals surface area contributed by atoms with Gasteiger partial charge in [0.1, 0.15) is 6.10 Å². The van der Waals surface area contributed by atoms with Gasteiger partial charge in [-0.2, -0.15) is 0 Å². The number of allylic oxidation sites excluding steroid dienone is 1. The zero-order valence-corrected chi connectivity index (χ0v) is 32.2. The number of rotatable bonds is 11. The van der Waals surface area contributed by atoms with Gasteiger partial charge < -0.3 is 13.6 Å². The Morgan fingerprint density at radius 3 is 1.33 bits per heavy atom. The Bertz CT molecular complexity index is 1630. The first kappa shape index (κ1) is 36.7. The van der Waals surface area contributed by atoms with Crippen LogP contribution in [0.1, 0.15) is 48.0 Å². The standard InChI is InChI=1S/C44H53O3Si2/c1-10-32-45-42-40(46-48(43(4,5)6,36-24-16-12-17-25-36)37-26-18-13-19-27-37)33-35(11-2)34(3)41(42)47-49(44(7,8)9,38-28-20-14-21-29-38)39-30-22-15-23-31-39/h10-31,40-42H,1-3,32-33H2,4-9H3. The van der Waals surface area contributed by atoms with Crippen LogP contribution in [-0.4, -0.2) is 41.6 Å². The van der Waals surface area contributed by atoms with Gasteiger partial charge in [-0.05, 0) is 48.9 Å². The van der Waals surface area contributed by atoms with E-state index in [1.54, 1.807) is 0 Å². The van der Waals surface area contributed by atoms with Gasteiger partial charge >= 0.3 is 0 Å². The molecule has 3 unspecified atom stereocenters. The van der Waals surface area contributed by atoms with E-state index in [-0.39, 0.29) is 16.2 Å². The summed E-state index contributed by atoms with van der Waals surface area (Å²) in [4.78, 5) is 0. The second kappa shape index (κ2) is 15.1. The predicted molar refractivity (Wildman–Crippen MR) is 212 cm³/mol. The maximum atomic E-state index is 7.86. The first-order chi connectivity index (χ1) is 23.4. The lowest BCUT2D eigenvalue weighted by Gasteiger charge is -2.52. The van der Waals surface area contributed by atoms with Gasteiger partial charge in [0.15, 0.2) is 0 Å². The fourth-order valence-corrected chi connectivity index (χ4v) is 17.0. The molecule has 49 heavy (non-hydrogen) atoms. The fourth-order valence-electron chi connectivity index (χ4n) is 7.68. The third-order valence-electron chi connectivity index (χ3n) is 9.96. The van der Waals surface area contributed by atoms with Crippen molar-refractivity contribution in [3.8, 4) is 0 Å². The molecule has 1 aliphatic rings. The first-order valence-electron chi connectivity index (χ1n) is 17.4. The van der Waals surface area contributed by atoms with E-state index in [2.05, 4.69) is 176 Å². The van der Waals surface area contributed by atoms with Crippen molar-refractivity contribution in [3.63, 3.8) is 0 Å². The summed E-state index contributed by atoms with van der Waals surface area (Å²) >= 11 is 0. The van der Waals surface area contributed by atoms with E-state index in [9.17, 15) is 0 Å². The highest BCUT2D eigenvalue weighted by Gasteiger charge is 2.57. The quantitative estimate of drug-likeness (QED) is 0.118. The van der Waals surface area contributed by atoms with Gasteiger partial charge in [0.25, 0.3) is 16.6 Å². The van der Waals surface area contributed by atoms with Crippen molar-refractivity contribution in [2.24, 2.45) is 0 Å². The Morgan fingerprint density at radius 2 is 1.00 bits per heavy atom. The smallest absolute Gasteiger partial charge is 0.262 e. The van der Waals surface area contributed by atoms with Crippen molar-refractivity contribution in [2.45, 2.75) is 76.4 Å². The molecule has 1 saturated carbocycles. The molecule has 5 rings (SSSR count). The molecular weight excluding hydrogens is 633 g/mol. The molecule has 0 bridgehead atoms. The van der Waals surface area contributed by atoms with Crippen LogP contribution in [0.15, 0.2) is 158 Å². The Labute approximate surface area is 297 Å². The highest BCUT2D eigenvalue weighted by molar-refractivity contribution is 7.00.